The first kappa shape index (κ1) is 23.1. The van der Waals surface area contributed by atoms with Crippen molar-refractivity contribution in [2.45, 2.75) is 30.7 Å². The number of halogens is 2. The van der Waals surface area contributed by atoms with E-state index in [0.29, 0.717) is 10.9 Å². The van der Waals surface area contributed by atoms with E-state index < -0.39 is 15.8 Å². The lowest BCUT2D eigenvalue weighted by atomic mass is 10.1. The van der Waals surface area contributed by atoms with Gasteiger partial charge < -0.3 is 5.32 Å². The quantitative estimate of drug-likeness (QED) is 0.442. The molecule has 0 aromatic heterocycles. The number of hydrogen-bond acceptors (Lipinski definition) is 3. The molecule has 0 radical (unpaired) electrons. The molecule has 0 spiro atoms. The first-order valence-corrected chi connectivity index (χ1v) is 11.9. The van der Waals surface area contributed by atoms with E-state index in [1.54, 1.807) is 25.1 Å². The number of amides is 1. The van der Waals surface area contributed by atoms with Gasteiger partial charge in [-0.25, -0.2) is 17.5 Å². The Labute approximate surface area is 189 Å². The van der Waals surface area contributed by atoms with Crippen LogP contribution in [0.4, 0.5) is 10.1 Å². The first-order valence-electron chi connectivity index (χ1n) is 9.66. The number of rotatable bonds is 8. The van der Waals surface area contributed by atoms with Crippen LogP contribution in [0.2, 0.25) is 0 Å². The molecule has 1 amide bonds. The van der Waals surface area contributed by atoms with Crippen LogP contribution < -0.4 is 10.0 Å². The van der Waals surface area contributed by atoms with Gasteiger partial charge >= 0.3 is 0 Å². The van der Waals surface area contributed by atoms with E-state index >= 15 is 0 Å². The van der Waals surface area contributed by atoms with Gasteiger partial charge in [0.1, 0.15) is 5.82 Å². The van der Waals surface area contributed by atoms with Gasteiger partial charge in [0, 0.05) is 16.9 Å². The third-order valence-electron chi connectivity index (χ3n) is 4.71. The van der Waals surface area contributed by atoms with Crippen LogP contribution in [0.25, 0.3) is 0 Å². The highest BCUT2D eigenvalue weighted by molar-refractivity contribution is 9.10. The lowest BCUT2D eigenvalue weighted by Gasteiger charge is -2.15. The smallest absolute Gasteiger partial charge is 0.241 e. The maximum absolute atomic E-state index is 13.8. The minimum absolute atomic E-state index is 0.119. The van der Waals surface area contributed by atoms with Crippen molar-refractivity contribution in [2.75, 3.05) is 5.32 Å². The summed E-state index contributed by atoms with van der Waals surface area (Å²) < 4.78 is 42.4. The van der Waals surface area contributed by atoms with Gasteiger partial charge in [0.2, 0.25) is 15.9 Å². The Morgan fingerprint density at radius 1 is 1.03 bits per heavy atom. The van der Waals surface area contributed by atoms with E-state index in [9.17, 15) is 17.6 Å². The highest BCUT2D eigenvalue weighted by atomic mass is 79.9. The van der Waals surface area contributed by atoms with Crippen molar-refractivity contribution in [3.63, 3.8) is 0 Å². The lowest BCUT2D eigenvalue weighted by Crippen LogP contribution is -2.26. The summed E-state index contributed by atoms with van der Waals surface area (Å²) >= 11 is 3.17. The number of carbonyl (C=O) groups excluding carboxylic acids is 1. The molecule has 31 heavy (non-hydrogen) atoms. The minimum atomic E-state index is -3.68. The van der Waals surface area contributed by atoms with Crippen LogP contribution in [0.5, 0.6) is 0 Å². The van der Waals surface area contributed by atoms with E-state index in [2.05, 4.69) is 26.0 Å². The van der Waals surface area contributed by atoms with Crippen LogP contribution in [-0.2, 0) is 21.2 Å². The third-order valence-corrected chi connectivity index (χ3v) is 6.76. The Bertz CT molecular complexity index is 1150. The van der Waals surface area contributed by atoms with Crippen molar-refractivity contribution >= 4 is 37.5 Å². The normalized spacial score (nSPS) is 12.4. The fourth-order valence-electron chi connectivity index (χ4n) is 3.01. The highest BCUT2D eigenvalue weighted by Crippen LogP contribution is 2.20. The molecule has 5 nitrogen and oxygen atoms in total. The fourth-order valence-corrected chi connectivity index (χ4v) is 4.57. The van der Waals surface area contributed by atoms with Gasteiger partial charge in [-0.15, -0.1) is 0 Å². The van der Waals surface area contributed by atoms with Crippen LogP contribution >= 0.6 is 15.9 Å². The molecule has 0 bridgehead atoms. The van der Waals surface area contributed by atoms with Gasteiger partial charge in [0.15, 0.2) is 0 Å². The molecule has 0 aliphatic rings. The summed E-state index contributed by atoms with van der Waals surface area (Å²) in [7, 11) is -3.68. The van der Waals surface area contributed by atoms with Crippen LogP contribution in [0.1, 0.15) is 30.5 Å². The van der Waals surface area contributed by atoms with Gasteiger partial charge in [0.25, 0.3) is 0 Å². The summed E-state index contributed by atoms with van der Waals surface area (Å²) in [5, 5.41) is 2.54. The Hall–Kier alpha value is -2.55. The predicted molar refractivity (Wildman–Crippen MR) is 123 cm³/mol. The molecule has 3 aromatic carbocycles. The molecular formula is C23H22BrFN2O3S. The van der Waals surface area contributed by atoms with E-state index in [4.69, 9.17) is 0 Å². The van der Waals surface area contributed by atoms with E-state index in [1.807, 2.05) is 30.3 Å². The highest BCUT2D eigenvalue weighted by Gasteiger charge is 2.18. The van der Waals surface area contributed by atoms with Crippen molar-refractivity contribution in [1.29, 1.82) is 0 Å². The number of carbonyl (C=O) groups is 1. The average molecular weight is 505 g/mol. The Balaban J connectivity index is 1.57. The summed E-state index contributed by atoms with van der Waals surface area (Å²) in [5.41, 5.74) is 1.80. The van der Waals surface area contributed by atoms with Crippen molar-refractivity contribution in [3.05, 3.63) is 94.2 Å². The van der Waals surface area contributed by atoms with Crippen molar-refractivity contribution in [2.24, 2.45) is 0 Å². The molecule has 0 saturated carbocycles. The summed E-state index contributed by atoms with van der Waals surface area (Å²) in [6, 6.07) is 19.7. The molecule has 162 valence electrons. The van der Waals surface area contributed by atoms with Gasteiger partial charge in [-0.2, -0.15) is 0 Å². The van der Waals surface area contributed by atoms with E-state index in [1.165, 1.54) is 24.3 Å². The standard InChI is InChI=1S/C23H22BrFN2O3S/c1-16(18-5-3-2-4-6-18)27-31(29,30)20-11-7-17(8-12-20)9-14-23(28)26-22-13-10-19(24)15-21(22)25/h2-8,10-13,15-16,27H,9,14H2,1H3,(H,26,28). The maximum atomic E-state index is 13.8. The Kier molecular flexibility index (Phi) is 7.59. The predicted octanol–water partition coefficient (Wildman–Crippen LogP) is 5.20. The summed E-state index contributed by atoms with van der Waals surface area (Å²) in [6.07, 6.45) is 0.545. The summed E-state index contributed by atoms with van der Waals surface area (Å²) in [6.45, 7) is 1.79. The SMILES string of the molecule is CC(NS(=O)(=O)c1ccc(CCC(=O)Nc2ccc(Br)cc2F)cc1)c1ccccc1. The zero-order valence-electron chi connectivity index (χ0n) is 16.8. The molecule has 0 fully saturated rings. The molecule has 0 aliphatic carbocycles. The van der Waals surface area contributed by atoms with Crippen LogP contribution in [0.15, 0.2) is 82.2 Å². The topological polar surface area (TPSA) is 75.3 Å². The molecule has 2 N–H and O–H groups in total. The second-order valence-corrected chi connectivity index (χ2v) is 9.70. The molecule has 3 aromatic rings. The molecule has 0 aliphatic heterocycles. The van der Waals surface area contributed by atoms with Crippen molar-refractivity contribution in [1.82, 2.24) is 4.72 Å². The molecule has 0 heterocycles. The number of benzene rings is 3. The first-order chi connectivity index (χ1) is 14.7. The van der Waals surface area contributed by atoms with Crippen LogP contribution in [0.3, 0.4) is 0 Å². The van der Waals surface area contributed by atoms with Gasteiger partial charge in [0.05, 0.1) is 10.6 Å². The van der Waals surface area contributed by atoms with E-state index in [-0.39, 0.29) is 29.0 Å². The number of nitrogens with one attached hydrogen (secondary N) is 2. The zero-order chi connectivity index (χ0) is 22.4. The van der Waals surface area contributed by atoms with Crippen molar-refractivity contribution < 1.29 is 17.6 Å². The molecule has 8 heteroatoms. The Morgan fingerprint density at radius 2 is 1.71 bits per heavy atom. The number of sulfonamides is 1. The van der Waals surface area contributed by atoms with Crippen LogP contribution in [0, 0.1) is 5.82 Å². The van der Waals surface area contributed by atoms with Crippen LogP contribution in [-0.4, -0.2) is 14.3 Å². The molecular weight excluding hydrogens is 483 g/mol. The Morgan fingerprint density at radius 3 is 2.35 bits per heavy atom. The number of hydrogen-bond donors (Lipinski definition) is 2. The monoisotopic (exact) mass is 504 g/mol. The molecule has 0 saturated heterocycles. The fraction of sp³-hybridized carbons (Fsp3) is 0.174. The van der Waals surface area contributed by atoms with Crippen molar-refractivity contribution in [3.8, 4) is 0 Å². The van der Waals surface area contributed by atoms with Gasteiger partial charge in [-0.05, 0) is 54.8 Å². The van der Waals surface area contributed by atoms with Gasteiger partial charge in [-0.3, -0.25) is 4.79 Å². The number of aryl methyl sites for hydroxylation is 1. The minimum Gasteiger partial charge on any atom is -0.324 e. The maximum Gasteiger partial charge on any atom is 0.241 e. The summed E-state index contributed by atoms with van der Waals surface area (Å²) in [4.78, 5) is 12.3. The second kappa shape index (κ2) is 10.2. The summed E-state index contributed by atoms with van der Waals surface area (Å²) in [5.74, 6) is -0.842. The zero-order valence-corrected chi connectivity index (χ0v) is 19.2. The molecule has 1 unspecified atom stereocenters. The van der Waals surface area contributed by atoms with E-state index in [0.717, 1.165) is 11.1 Å². The largest absolute Gasteiger partial charge is 0.324 e. The molecule has 3 rings (SSSR count). The third kappa shape index (κ3) is 6.46. The average Bonchev–Trinajstić information content (AvgIpc) is 2.75. The molecule has 1 atom stereocenters. The second-order valence-electron chi connectivity index (χ2n) is 7.07. The number of anilines is 1. The van der Waals surface area contributed by atoms with Gasteiger partial charge in [-0.1, -0.05) is 58.4 Å². The lowest BCUT2D eigenvalue weighted by molar-refractivity contribution is -0.116.